The molecule has 0 fully saturated rings. The lowest BCUT2D eigenvalue weighted by molar-refractivity contribution is -0.127. The van der Waals surface area contributed by atoms with Gasteiger partial charge in [0.2, 0.25) is 5.91 Å². The third-order valence-corrected chi connectivity index (χ3v) is 4.33. The number of amides is 3. The number of hydrogen-bond acceptors (Lipinski definition) is 3. The SMILES string of the molecule is CNC(=O)c1cc(NC(=O)C(NC(=O)CC(C)C)c2ccccc2)ccc1Cl. The second-order valence-corrected chi connectivity index (χ2v) is 7.18. The molecular weight excluding hydrogens is 378 g/mol. The van der Waals surface area contributed by atoms with Crippen molar-refractivity contribution in [3.63, 3.8) is 0 Å². The first-order valence-electron chi connectivity index (χ1n) is 8.98. The Labute approximate surface area is 169 Å². The van der Waals surface area contributed by atoms with E-state index < -0.39 is 11.9 Å². The molecule has 0 bridgehead atoms. The van der Waals surface area contributed by atoms with Crippen LogP contribution in [-0.4, -0.2) is 24.8 Å². The van der Waals surface area contributed by atoms with Gasteiger partial charge in [-0.2, -0.15) is 0 Å². The van der Waals surface area contributed by atoms with E-state index in [-0.39, 0.29) is 28.3 Å². The average molecular weight is 402 g/mol. The molecule has 0 spiro atoms. The quantitative estimate of drug-likeness (QED) is 0.663. The van der Waals surface area contributed by atoms with Gasteiger partial charge in [0, 0.05) is 19.2 Å². The molecule has 0 saturated heterocycles. The fourth-order valence-corrected chi connectivity index (χ4v) is 2.87. The molecule has 2 rings (SSSR count). The molecule has 0 aromatic heterocycles. The molecule has 0 aliphatic heterocycles. The summed E-state index contributed by atoms with van der Waals surface area (Å²) in [4.78, 5) is 37.1. The Bertz CT molecular complexity index is 853. The van der Waals surface area contributed by atoms with Crippen molar-refractivity contribution in [3.8, 4) is 0 Å². The van der Waals surface area contributed by atoms with Gasteiger partial charge in [-0.3, -0.25) is 14.4 Å². The van der Waals surface area contributed by atoms with Crippen molar-refractivity contribution in [2.75, 3.05) is 12.4 Å². The number of benzene rings is 2. The molecule has 0 aliphatic carbocycles. The van der Waals surface area contributed by atoms with Crippen LogP contribution < -0.4 is 16.0 Å². The molecule has 6 nitrogen and oxygen atoms in total. The van der Waals surface area contributed by atoms with Crippen LogP contribution in [0.25, 0.3) is 0 Å². The van der Waals surface area contributed by atoms with Gasteiger partial charge in [-0.15, -0.1) is 0 Å². The molecule has 28 heavy (non-hydrogen) atoms. The van der Waals surface area contributed by atoms with E-state index in [1.54, 1.807) is 30.3 Å². The summed E-state index contributed by atoms with van der Waals surface area (Å²) in [6.07, 6.45) is 0.318. The molecule has 2 aromatic rings. The van der Waals surface area contributed by atoms with Crippen LogP contribution in [0, 0.1) is 5.92 Å². The minimum absolute atomic E-state index is 0.172. The first-order chi connectivity index (χ1) is 13.3. The maximum absolute atomic E-state index is 12.9. The number of halogens is 1. The molecule has 1 unspecified atom stereocenters. The maximum Gasteiger partial charge on any atom is 0.252 e. The zero-order valence-corrected chi connectivity index (χ0v) is 16.8. The number of hydrogen-bond donors (Lipinski definition) is 3. The van der Waals surface area contributed by atoms with Gasteiger partial charge in [-0.1, -0.05) is 55.8 Å². The van der Waals surface area contributed by atoms with Gasteiger partial charge in [0.1, 0.15) is 6.04 Å². The predicted octanol–water partition coefficient (Wildman–Crippen LogP) is 3.54. The summed E-state index contributed by atoms with van der Waals surface area (Å²) >= 11 is 6.05. The van der Waals surface area contributed by atoms with E-state index in [2.05, 4.69) is 16.0 Å². The van der Waals surface area contributed by atoms with E-state index in [0.717, 1.165) is 0 Å². The minimum Gasteiger partial charge on any atom is -0.355 e. The number of carbonyl (C=O) groups is 3. The molecule has 2 aromatic carbocycles. The first-order valence-corrected chi connectivity index (χ1v) is 9.36. The van der Waals surface area contributed by atoms with Gasteiger partial charge >= 0.3 is 0 Å². The van der Waals surface area contributed by atoms with Crippen molar-refractivity contribution in [3.05, 3.63) is 64.7 Å². The van der Waals surface area contributed by atoms with Crippen LogP contribution in [-0.2, 0) is 9.59 Å². The Morgan fingerprint density at radius 1 is 1.04 bits per heavy atom. The van der Waals surface area contributed by atoms with Crippen molar-refractivity contribution in [1.29, 1.82) is 0 Å². The summed E-state index contributed by atoms with van der Waals surface area (Å²) in [6, 6.07) is 12.8. The minimum atomic E-state index is -0.855. The number of nitrogens with one attached hydrogen (secondary N) is 3. The fourth-order valence-electron chi connectivity index (χ4n) is 2.66. The molecule has 1 atom stereocenters. The number of carbonyl (C=O) groups excluding carboxylic acids is 3. The Balaban J connectivity index is 2.25. The highest BCUT2D eigenvalue weighted by molar-refractivity contribution is 6.34. The zero-order valence-electron chi connectivity index (χ0n) is 16.1. The third-order valence-electron chi connectivity index (χ3n) is 4.00. The van der Waals surface area contributed by atoms with E-state index in [0.29, 0.717) is 17.7 Å². The standard InChI is InChI=1S/C21H24ClN3O3/c1-13(2)11-18(26)25-19(14-7-5-4-6-8-14)21(28)24-15-9-10-17(22)16(12-15)20(27)23-3/h4-10,12-13,19H,11H2,1-3H3,(H,23,27)(H,24,28)(H,25,26). The molecule has 0 heterocycles. The second-order valence-electron chi connectivity index (χ2n) is 6.77. The molecule has 0 radical (unpaired) electrons. The molecular formula is C21H24ClN3O3. The van der Waals surface area contributed by atoms with Gasteiger partial charge in [-0.05, 0) is 29.7 Å². The van der Waals surface area contributed by atoms with E-state index in [1.165, 1.54) is 19.2 Å². The van der Waals surface area contributed by atoms with Gasteiger partial charge in [0.05, 0.1) is 10.6 Å². The van der Waals surface area contributed by atoms with Gasteiger partial charge in [-0.25, -0.2) is 0 Å². The first kappa shape index (κ1) is 21.4. The Morgan fingerprint density at radius 3 is 2.32 bits per heavy atom. The topological polar surface area (TPSA) is 87.3 Å². The van der Waals surface area contributed by atoms with Crippen LogP contribution in [0.5, 0.6) is 0 Å². The lowest BCUT2D eigenvalue weighted by Crippen LogP contribution is -2.37. The van der Waals surface area contributed by atoms with Crippen LogP contribution in [0.15, 0.2) is 48.5 Å². The van der Waals surface area contributed by atoms with Gasteiger partial charge in [0.25, 0.3) is 11.8 Å². The molecule has 7 heteroatoms. The van der Waals surface area contributed by atoms with Crippen LogP contribution in [0.2, 0.25) is 5.02 Å². The Hall–Kier alpha value is -2.86. The lowest BCUT2D eigenvalue weighted by Gasteiger charge is -2.20. The van der Waals surface area contributed by atoms with Crippen molar-refractivity contribution < 1.29 is 14.4 Å². The fraction of sp³-hybridized carbons (Fsp3) is 0.286. The third kappa shape index (κ3) is 5.82. The van der Waals surface area contributed by atoms with Crippen molar-refractivity contribution in [1.82, 2.24) is 10.6 Å². The van der Waals surface area contributed by atoms with E-state index >= 15 is 0 Å². The van der Waals surface area contributed by atoms with Crippen molar-refractivity contribution >= 4 is 35.0 Å². The number of rotatable bonds is 7. The predicted molar refractivity (Wildman–Crippen MR) is 110 cm³/mol. The highest BCUT2D eigenvalue weighted by atomic mass is 35.5. The van der Waals surface area contributed by atoms with Crippen LogP contribution in [0.1, 0.15) is 42.2 Å². The molecule has 3 amide bonds. The number of anilines is 1. The highest BCUT2D eigenvalue weighted by Gasteiger charge is 2.23. The van der Waals surface area contributed by atoms with Crippen LogP contribution in [0.3, 0.4) is 0 Å². The lowest BCUT2D eigenvalue weighted by atomic mass is 10.0. The summed E-state index contributed by atoms with van der Waals surface area (Å²) < 4.78 is 0. The monoisotopic (exact) mass is 401 g/mol. The van der Waals surface area contributed by atoms with E-state index in [4.69, 9.17) is 11.6 Å². The normalized spacial score (nSPS) is 11.6. The van der Waals surface area contributed by atoms with Gasteiger partial charge in [0.15, 0.2) is 0 Å². The van der Waals surface area contributed by atoms with Crippen molar-refractivity contribution in [2.24, 2.45) is 5.92 Å². The Kier molecular flexibility index (Phi) is 7.58. The van der Waals surface area contributed by atoms with Crippen molar-refractivity contribution in [2.45, 2.75) is 26.3 Å². The Morgan fingerprint density at radius 2 is 1.71 bits per heavy atom. The summed E-state index contributed by atoms with van der Waals surface area (Å²) in [7, 11) is 1.50. The summed E-state index contributed by atoms with van der Waals surface area (Å²) in [5.74, 6) is -0.800. The average Bonchev–Trinajstić information content (AvgIpc) is 2.67. The summed E-state index contributed by atoms with van der Waals surface area (Å²) in [5.41, 5.74) is 1.33. The van der Waals surface area contributed by atoms with Gasteiger partial charge < -0.3 is 16.0 Å². The summed E-state index contributed by atoms with van der Waals surface area (Å²) in [6.45, 7) is 3.87. The molecule has 0 aliphatic rings. The second kappa shape index (κ2) is 9.90. The molecule has 0 saturated carbocycles. The maximum atomic E-state index is 12.9. The zero-order chi connectivity index (χ0) is 20.7. The molecule has 148 valence electrons. The van der Waals surface area contributed by atoms with E-state index in [1.807, 2.05) is 19.9 Å². The summed E-state index contributed by atoms with van der Waals surface area (Å²) in [5, 5.41) is 8.32. The van der Waals surface area contributed by atoms with E-state index in [9.17, 15) is 14.4 Å². The molecule has 3 N–H and O–H groups in total. The largest absolute Gasteiger partial charge is 0.355 e. The van der Waals surface area contributed by atoms with Crippen LogP contribution >= 0.6 is 11.6 Å². The highest BCUT2D eigenvalue weighted by Crippen LogP contribution is 2.22. The smallest absolute Gasteiger partial charge is 0.252 e. The van der Waals surface area contributed by atoms with Crippen LogP contribution in [0.4, 0.5) is 5.69 Å².